The smallest absolute Gasteiger partial charge is 0.329 e. The number of nitrogens with one attached hydrogen (secondary N) is 2. The average molecular weight is 425 g/mol. The lowest BCUT2D eigenvalue weighted by atomic mass is 10.2. The first kappa shape index (κ1) is 21.1. The van der Waals surface area contributed by atoms with Crippen LogP contribution in [0.25, 0.3) is 5.69 Å². The Balaban J connectivity index is 1.67. The van der Waals surface area contributed by atoms with Crippen molar-refractivity contribution in [3.8, 4) is 11.4 Å². The van der Waals surface area contributed by atoms with Crippen molar-refractivity contribution in [1.29, 1.82) is 0 Å². The minimum atomic E-state index is -0.877. The topological polar surface area (TPSA) is 84.7 Å². The summed E-state index contributed by atoms with van der Waals surface area (Å²) in [6, 6.07) is 16.2. The molecule has 1 heterocycles. The second-order valence-electron chi connectivity index (χ2n) is 6.53. The van der Waals surface area contributed by atoms with Crippen molar-refractivity contribution in [2.75, 3.05) is 12.4 Å². The summed E-state index contributed by atoms with van der Waals surface area (Å²) < 4.78 is 7.12. The van der Waals surface area contributed by atoms with Gasteiger partial charge in [0.05, 0.1) is 13.3 Å². The first-order valence-electron chi connectivity index (χ1n) is 9.12. The predicted octanol–water partition coefficient (Wildman–Crippen LogP) is 3.84. The quantitative estimate of drug-likeness (QED) is 0.370. The molecule has 154 valence electrons. The van der Waals surface area contributed by atoms with Crippen LogP contribution in [0.2, 0.25) is 5.02 Å². The van der Waals surface area contributed by atoms with E-state index in [9.17, 15) is 9.59 Å². The Morgan fingerprint density at radius 3 is 2.57 bits per heavy atom. The molecule has 0 aliphatic carbocycles. The molecule has 0 fully saturated rings. The van der Waals surface area contributed by atoms with Crippen molar-refractivity contribution in [3.63, 3.8) is 0 Å². The Bertz CT molecular complexity index is 1120. The Kier molecular flexibility index (Phi) is 6.54. The lowest BCUT2D eigenvalue weighted by molar-refractivity contribution is -0.136. The van der Waals surface area contributed by atoms with Gasteiger partial charge in [0, 0.05) is 39.4 Å². The Hall–Kier alpha value is -3.58. The molecule has 0 saturated heterocycles. The number of benzene rings is 2. The summed E-state index contributed by atoms with van der Waals surface area (Å²) in [4.78, 5) is 24.1. The number of hydrazone groups is 1. The first-order valence-corrected chi connectivity index (χ1v) is 9.50. The number of methoxy groups -OCH3 is 1. The maximum atomic E-state index is 12.0. The summed E-state index contributed by atoms with van der Waals surface area (Å²) in [6.07, 6.45) is 1.50. The van der Waals surface area contributed by atoms with Gasteiger partial charge in [-0.25, -0.2) is 5.43 Å². The number of aromatic nitrogens is 1. The monoisotopic (exact) mass is 424 g/mol. The molecule has 0 unspecified atom stereocenters. The fraction of sp³-hybridized carbons (Fsp3) is 0.136. The van der Waals surface area contributed by atoms with E-state index < -0.39 is 11.8 Å². The molecule has 0 atom stereocenters. The van der Waals surface area contributed by atoms with Gasteiger partial charge in [-0.2, -0.15) is 5.10 Å². The molecule has 0 aliphatic rings. The second kappa shape index (κ2) is 9.28. The molecule has 0 bridgehead atoms. The van der Waals surface area contributed by atoms with Crippen LogP contribution in [0.3, 0.4) is 0 Å². The largest absolute Gasteiger partial charge is 0.497 e. The Labute approximate surface area is 179 Å². The molecule has 3 rings (SSSR count). The molecular weight excluding hydrogens is 404 g/mol. The summed E-state index contributed by atoms with van der Waals surface area (Å²) >= 11 is 6.10. The van der Waals surface area contributed by atoms with Gasteiger partial charge < -0.3 is 14.6 Å². The Morgan fingerprint density at radius 2 is 1.83 bits per heavy atom. The highest BCUT2D eigenvalue weighted by atomic mass is 35.5. The number of carbonyl (C=O) groups is 2. The van der Waals surface area contributed by atoms with E-state index in [1.807, 2.05) is 48.7 Å². The SMILES string of the molecule is COc1cccc(NC(=O)C(=O)N/N=C\c2cc(C)n(-c3cccc(Cl)c3)c2C)c1. The average Bonchev–Trinajstić information content (AvgIpc) is 3.01. The summed E-state index contributed by atoms with van der Waals surface area (Å²) in [6.45, 7) is 3.90. The van der Waals surface area contributed by atoms with Crippen molar-refractivity contribution in [2.24, 2.45) is 5.10 Å². The molecular formula is C22H21ClN4O3. The van der Waals surface area contributed by atoms with E-state index in [2.05, 4.69) is 15.8 Å². The van der Waals surface area contributed by atoms with Crippen LogP contribution in [0.1, 0.15) is 17.0 Å². The molecule has 7 nitrogen and oxygen atoms in total. The number of anilines is 1. The molecule has 2 amide bonds. The number of ether oxygens (including phenoxy) is 1. The summed E-state index contributed by atoms with van der Waals surface area (Å²) in [5.74, 6) is -1.14. The van der Waals surface area contributed by atoms with Crippen LogP contribution in [-0.2, 0) is 9.59 Å². The maximum Gasteiger partial charge on any atom is 0.329 e. The van der Waals surface area contributed by atoms with Crippen LogP contribution < -0.4 is 15.5 Å². The molecule has 2 N–H and O–H groups in total. The number of amides is 2. The molecule has 8 heteroatoms. The number of hydrogen-bond acceptors (Lipinski definition) is 4. The Morgan fingerprint density at radius 1 is 1.07 bits per heavy atom. The highest BCUT2D eigenvalue weighted by Crippen LogP contribution is 2.22. The van der Waals surface area contributed by atoms with Gasteiger partial charge in [0.15, 0.2) is 0 Å². The van der Waals surface area contributed by atoms with Gasteiger partial charge >= 0.3 is 11.8 Å². The third-order valence-corrected chi connectivity index (χ3v) is 4.68. The van der Waals surface area contributed by atoms with Gasteiger partial charge in [0.1, 0.15) is 5.75 Å². The zero-order valence-corrected chi connectivity index (χ0v) is 17.5. The maximum absolute atomic E-state index is 12.0. The minimum absolute atomic E-state index is 0.448. The van der Waals surface area contributed by atoms with E-state index in [4.69, 9.17) is 16.3 Å². The molecule has 3 aromatic rings. The van der Waals surface area contributed by atoms with Crippen LogP contribution >= 0.6 is 11.6 Å². The van der Waals surface area contributed by atoms with Crippen molar-refractivity contribution in [3.05, 3.63) is 76.6 Å². The van der Waals surface area contributed by atoms with Crippen molar-refractivity contribution in [2.45, 2.75) is 13.8 Å². The van der Waals surface area contributed by atoms with Crippen molar-refractivity contribution < 1.29 is 14.3 Å². The van der Waals surface area contributed by atoms with Crippen molar-refractivity contribution in [1.82, 2.24) is 9.99 Å². The van der Waals surface area contributed by atoms with E-state index >= 15 is 0 Å². The molecule has 0 saturated carbocycles. The summed E-state index contributed by atoms with van der Waals surface area (Å²) in [7, 11) is 1.52. The van der Waals surface area contributed by atoms with Gasteiger partial charge in [-0.1, -0.05) is 23.7 Å². The fourth-order valence-corrected chi connectivity index (χ4v) is 3.22. The van der Waals surface area contributed by atoms with E-state index in [0.29, 0.717) is 16.5 Å². The number of rotatable bonds is 5. The van der Waals surface area contributed by atoms with E-state index in [-0.39, 0.29) is 0 Å². The zero-order chi connectivity index (χ0) is 21.7. The van der Waals surface area contributed by atoms with Crippen LogP contribution in [0.15, 0.2) is 59.7 Å². The van der Waals surface area contributed by atoms with Crippen LogP contribution in [-0.4, -0.2) is 29.7 Å². The number of halogens is 1. The van der Waals surface area contributed by atoms with Gasteiger partial charge in [0.2, 0.25) is 0 Å². The molecule has 0 aliphatic heterocycles. The molecule has 1 aromatic heterocycles. The normalized spacial score (nSPS) is 10.8. The van der Waals surface area contributed by atoms with Gasteiger partial charge in [0.25, 0.3) is 0 Å². The number of hydrogen-bond donors (Lipinski definition) is 2. The number of aryl methyl sites for hydroxylation is 1. The lowest BCUT2D eigenvalue weighted by Crippen LogP contribution is -2.32. The number of carbonyl (C=O) groups excluding carboxylic acids is 2. The highest BCUT2D eigenvalue weighted by molar-refractivity contribution is 6.39. The molecule has 2 aromatic carbocycles. The second-order valence-corrected chi connectivity index (χ2v) is 6.96. The van der Waals surface area contributed by atoms with E-state index in [0.717, 1.165) is 22.6 Å². The lowest BCUT2D eigenvalue weighted by Gasteiger charge is -2.09. The predicted molar refractivity (Wildman–Crippen MR) is 118 cm³/mol. The highest BCUT2D eigenvalue weighted by Gasteiger charge is 2.14. The minimum Gasteiger partial charge on any atom is -0.497 e. The molecule has 30 heavy (non-hydrogen) atoms. The van der Waals surface area contributed by atoms with Gasteiger partial charge in [-0.05, 0) is 50.2 Å². The van der Waals surface area contributed by atoms with Crippen molar-refractivity contribution >= 4 is 35.3 Å². The standard InChI is InChI=1S/C22H21ClN4O3/c1-14-10-16(15(2)27(14)19-8-4-6-17(23)11-19)13-24-26-22(29)21(28)25-18-7-5-9-20(12-18)30-3/h4-13H,1-3H3,(H,25,28)(H,26,29)/b24-13-. The number of nitrogens with zero attached hydrogens (tertiary/aromatic N) is 2. The summed E-state index contributed by atoms with van der Waals surface area (Å²) in [5.41, 5.74) is 6.33. The fourth-order valence-electron chi connectivity index (χ4n) is 3.03. The summed E-state index contributed by atoms with van der Waals surface area (Å²) in [5, 5.41) is 7.05. The third-order valence-electron chi connectivity index (χ3n) is 4.44. The van der Waals surface area contributed by atoms with Gasteiger partial charge in [-0.3, -0.25) is 9.59 Å². The van der Waals surface area contributed by atoms with E-state index in [1.54, 1.807) is 24.3 Å². The third kappa shape index (κ3) is 4.87. The zero-order valence-electron chi connectivity index (χ0n) is 16.8. The first-order chi connectivity index (χ1) is 14.4. The van der Waals surface area contributed by atoms with Gasteiger partial charge in [-0.15, -0.1) is 0 Å². The molecule has 0 radical (unpaired) electrons. The van der Waals surface area contributed by atoms with Crippen LogP contribution in [0.4, 0.5) is 5.69 Å². The van der Waals surface area contributed by atoms with Crippen LogP contribution in [0, 0.1) is 13.8 Å². The van der Waals surface area contributed by atoms with E-state index in [1.165, 1.54) is 13.3 Å². The van der Waals surface area contributed by atoms with Crippen LogP contribution in [0.5, 0.6) is 5.75 Å². The molecule has 0 spiro atoms.